The molecule has 10 heteroatoms. The zero-order chi connectivity index (χ0) is 23.3. The van der Waals surface area contributed by atoms with Crippen LogP contribution in [0, 0.1) is 0 Å². The molecule has 0 bridgehead atoms. The Bertz CT molecular complexity index is 1030. The van der Waals surface area contributed by atoms with Crippen molar-refractivity contribution in [3.8, 4) is 0 Å². The number of hydrogen-bond donors (Lipinski definition) is 0. The number of benzene rings is 1. The number of morpholine rings is 1. The molecule has 0 atom stereocenters. The first-order valence-corrected chi connectivity index (χ1v) is 10.7. The zero-order valence-corrected chi connectivity index (χ0v) is 18.0. The minimum Gasteiger partial charge on any atom is -0.459 e. The second-order valence-electron chi connectivity index (χ2n) is 7.82. The van der Waals surface area contributed by atoms with Crippen molar-refractivity contribution < 1.29 is 27.1 Å². The molecule has 3 heterocycles. The number of imidazole rings is 1. The Kier molecular flexibility index (Phi) is 7.14. The van der Waals surface area contributed by atoms with E-state index in [2.05, 4.69) is 9.88 Å². The molecular formula is C23H25F3N4O3. The Labute approximate surface area is 189 Å². The highest BCUT2D eigenvalue weighted by atomic mass is 19.4. The molecule has 7 nitrogen and oxygen atoms in total. The van der Waals surface area contributed by atoms with Gasteiger partial charge in [0.25, 0.3) is 5.91 Å². The molecule has 4 rings (SSSR count). The van der Waals surface area contributed by atoms with Crippen LogP contribution in [0.1, 0.15) is 27.5 Å². The number of amides is 1. The number of furan rings is 1. The largest absolute Gasteiger partial charge is 0.459 e. The molecule has 1 aliphatic rings. The predicted molar refractivity (Wildman–Crippen MR) is 113 cm³/mol. The van der Waals surface area contributed by atoms with Crippen LogP contribution in [0.25, 0.3) is 0 Å². The number of ether oxygens (including phenoxy) is 1. The van der Waals surface area contributed by atoms with Gasteiger partial charge in [-0.15, -0.1) is 0 Å². The average Bonchev–Trinajstić information content (AvgIpc) is 3.49. The molecule has 1 saturated heterocycles. The maximum atomic E-state index is 13.1. The number of aromatic nitrogens is 2. The van der Waals surface area contributed by atoms with Crippen LogP contribution >= 0.6 is 0 Å². The monoisotopic (exact) mass is 462 g/mol. The van der Waals surface area contributed by atoms with E-state index in [1.807, 2.05) is 4.57 Å². The lowest BCUT2D eigenvalue weighted by Gasteiger charge is -2.29. The molecule has 33 heavy (non-hydrogen) atoms. The summed E-state index contributed by atoms with van der Waals surface area (Å²) in [5, 5.41) is 0. The smallest absolute Gasteiger partial charge is 0.416 e. The van der Waals surface area contributed by atoms with E-state index in [1.54, 1.807) is 29.4 Å². The molecule has 0 aliphatic carbocycles. The summed E-state index contributed by atoms with van der Waals surface area (Å²) in [5.74, 6) is 0.645. The van der Waals surface area contributed by atoms with E-state index in [0.717, 1.165) is 25.2 Å². The molecule has 1 aliphatic heterocycles. The highest BCUT2D eigenvalue weighted by Gasteiger charge is 2.30. The summed E-state index contributed by atoms with van der Waals surface area (Å²) in [6.45, 7) is 4.73. The second kappa shape index (κ2) is 10.2. The molecule has 0 spiro atoms. The van der Waals surface area contributed by atoms with Gasteiger partial charge < -0.3 is 18.6 Å². The molecule has 0 saturated carbocycles. The first-order valence-electron chi connectivity index (χ1n) is 10.7. The highest BCUT2D eigenvalue weighted by Crippen LogP contribution is 2.29. The fraction of sp³-hybridized carbons (Fsp3) is 0.391. The van der Waals surface area contributed by atoms with Crippen molar-refractivity contribution in [2.45, 2.75) is 19.3 Å². The number of carbonyl (C=O) groups is 1. The maximum Gasteiger partial charge on any atom is 0.416 e. The number of carbonyl (C=O) groups excluding carboxylic acids is 1. The number of halogens is 3. The summed E-state index contributed by atoms with van der Waals surface area (Å²) in [6, 6.07) is 8.34. The van der Waals surface area contributed by atoms with E-state index in [4.69, 9.17) is 9.15 Å². The fourth-order valence-corrected chi connectivity index (χ4v) is 3.70. The topological polar surface area (TPSA) is 63.7 Å². The summed E-state index contributed by atoms with van der Waals surface area (Å²) in [5.41, 5.74) is 0.0231. The molecular weight excluding hydrogens is 437 g/mol. The standard InChI is InChI=1S/C23H25F3N4O3/c24-23(25,26)19-5-3-18(4-6-19)16-29-8-7-27-21(29)17-30(22(31)20-2-1-13-33-20)10-9-28-11-14-32-15-12-28/h1-8,13H,9-12,14-17H2. The molecule has 1 aromatic carbocycles. The molecule has 176 valence electrons. The Hall–Kier alpha value is -3.11. The van der Waals surface area contributed by atoms with Crippen LogP contribution in [-0.4, -0.2) is 64.7 Å². The van der Waals surface area contributed by atoms with Gasteiger partial charge >= 0.3 is 6.18 Å². The van der Waals surface area contributed by atoms with E-state index >= 15 is 0 Å². The minimum atomic E-state index is -4.37. The molecule has 1 amide bonds. The van der Waals surface area contributed by atoms with Crippen LogP contribution in [0.15, 0.2) is 59.5 Å². The Morgan fingerprint density at radius 1 is 1.12 bits per heavy atom. The Morgan fingerprint density at radius 2 is 1.88 bits per heavy atom. The quantitative estimate of drug-likeness (QED) is 0.513. The van der Waals surface area contributed by atoms with Gasteiger partial charge in [-0.2, -0.15) is 13.2 Å². The third-order valence-corrected chi connectivity index (χ3v) is 5.58. The molecule has 3 aromatic rings. The second-order valence-corrected chi connectivity index (χ2v) is 7.82. The van der Waals surface area contributed by atoms with Crippen LogP contribution in [0.4, 0.5) is 13.2 Å². The van der Waals surface area contributed by atoms with Crippen molar-refractivity contribution in [3.05, 3.63) is 77.8 Å². The number of nitrogens with zero attached hydrogens (tertiary/aromatic N) is 4. The third kappa shape index (κ3) is 6.02. The highest BCUT2D eigenvalue weighted by molar-refractivity contribution is 5.91. The van der Waals surface area contributed by atoms with Gasteiger partial charge in [0.1, 0.15) is 5.82 Å². The van der Waals surface area contributed by atoms with Gasteiger partial charge in [0.05, 0.1) is 31.6 Å². The molecule has 0 unspecified atom stereocenters. The normalized spacial score (nSPS) is 15.0. The minimum absolute atomic E-state index is 0.239. The first-order chi connectivity index (χ1) is 15.9. The molecule has 1 fully saturated rings. The number of hydrogen-bond acceptors (Lipinski definition) is 5. The van der Waals surface area contributed by atoms with Gasteiger partial charge in [0, 0.05) is 45.1 Å². The van der Waals surface area contributed by atoms with Gasteiger partial charge in [-0.3, -0.25) is 9.69 Å². The van der Waals surface area contributed by atoms with Crippen molar-refractivity contribution in [1.29, 1.82) is 0 Å². The third-order valence-electron chi connectivity index (χ3n) is 5.58. The van der Waals surface area contributed by atoms with Crippen molar-refractivity contribution in [2.75, 3.05) is 39.4 Å². The molecule has 0 N–H and O–H groups in total. The van der Waals surface area contributed by atoms with Crippen LogP contribution in [0.5, 0.6) is 0 Å². The Morgan fingerprint density at radius 3 is 2.55 bits per heavy atom. The number of rotatable bonds is 8. The van der Waals surface area contributed by atoms with Crippen LogP contribution in [0.3, 0.4) is 0 Å². The van der Waals surface area contributed by atoms with E-state index in [-0.39, 0.29) is 18.2 Å². The fourth-order valence-electron chi connectivity index (χ4n) is 3.70. The average molecular weight is 462 g/mol. The van der Waals surface area contributed by atoms with Crippen molar-refractivity contribution in [1.82, 2.24) is 19.4 Å². The SMILES string of the molecule is O=C(c1ccco1)N(CCN1CCOCC1)Cc1nccn1Cc1ccc(C(F)(F)F)cc1. The molecule has 0 radical (unpaired) electrons. The summed E-state index contributed by atoms with van der Waals surface area (Å²) in [6.07, 6.45) is 0.465. The first kappa shape index (κ1) is 23.1. The predicted octanol–water partition coefficient (Wildman–Crippen LogP) is 3.52. The van der Waals surface area contributed by atoms with Crippen molar-refractivity contribution in [3.63, 3.8) is 0 Å². The van der Waals surface area contributed by atoms with E-state index in [9.17, 15) is 18.0 Å². The summed E-state index contributed by atoms with van der Waals surface area (Å²) >= 11 is 0. The lowest BCUT2D eigenvalue weighted by molar-refractivity contribution is -0.137. The van der Waals surface area contributed by atoms with Gasteiger partial charge in [0.15, 0.2) is 5.76 Å². The van der Waals surface area contributed by atoms with Crippen LogP contribution in [-0.2, 0) is 24.0 Å². The molecule has 2 aromatic heterocycles. The lowest BCUT2D eigenvalue weighted by atomic mass is 10.1. The van der Waals surface area contributed by atoms with Gasteiger partial charge in [-0.25, -0.2) is 4.98 Å². The van der Waals surface area contributed by atoms with Crippen molar-refractivity contribution >= 4 is 5.91 Å². The summed E-state index contributed by atoms with van der Waals surface area (Å²) < 4.78 is 51.0. The van der Waals surface area contributed by atoms with E-state index in [1.165, 1.54) is 18.4 Å². The lowest BCUT2D eigenvalue weighted by Crippen LogP contribution is -2.43. The van der Waals surface area contributed by atoms with Crippen LogP contribution in [0.2, 0.25) is 0 Å². The Balaban J connectivity index is 1.47. The van der Waals surface area contributed by atoms with Gasteiger partial charge in [-0.1, -0.05) is 12.1 Å². The van der Waals surface area contributed by atoms with Crippen LogP contribution < -0.4 is 0 Å². The summed E-state index contributed by atoms with van der Waals surface area (Å²) in [4.78, 5) is 21.4. The summed E-state index contributed by atoms with van der Waals surface area (Å²) in [7, 11) is 0. The maximum absolute atomic E-state index is 13.1. The van der Waals surface area contributed by atoms with Gasteiger partial charge in [-0.05, 0) is 29.8 Å². The number of alkyl halides is 3. The zero-order valence-electron chi connectivity index (χ0n) is 18.0. The van der Waals surface area contributed by atoms with E-state index < -0.39 is 11.7 Å². The van der Waals surface area contributed by atoms with Crippen molar-refractivity contribution in [2.24, 2.45) is 0 Å². The van der Waals surface area contributed by atoms with Gasteiger partial charge in [0.2, 0.25) is 0 Å². The van der Waals surface area contributed by atoms with E-state index in [0.29, 0.717) is 44.2 Å².